The van der Waals surface area contributed by atoms with Crippen LogP contribution in [-0.2, 0) is 9.59 Å². The predicted octanol–water partition coefficient (Wildman–Crippen LogP) is 7.20. The highest BCUT2D eigenvalue weighted by Crippen LogP contribution is 2.36. The van der Waals surface area contributed by atoms with E-state index >= 15 is 0 Å². The van der Waals surface area contributed by atoms with Crippen molar-refractivity contribution in [3.63, 3.8) is 0 Å². The standard InChI is InChI=1S/C34H34BrN3O5S/c35-26-7-13-30(14-8-26)43-29-11-3-24(4-12-29)23-31-33(40)38(34(41)44-31)27-9-15-28(16-10-27)42-22-2-1-17-36-18-20-37(21-19-36)32(39)25-5-6-25/h3-4,7-16,23,25H,1-2,5-6,17-22H2/b31-23-. The Bertz CT molecular complexity index is 1520. The molecule has 0 spiro atoms. The van der Waals surface area contributed by atoms with Crippen molar-refractivity contribution in [1.82, 2.24) is 9.80 Å². The van der Waals surface area contributed by atoms with E-state index in [0.29, 0.717) is 40.5 Å². The van der Waals surface area contributed by atoms with Gasteiger partial charge in [0.2, 0.25) is 5.91 Å². The van der Waals surface area contributed by atoms with Crippen molar-refractivity contribution < 1.29 is 23.9 Å². The third-order valence-electron chi connectivity index (χ3n) is 7.86. The van der Waals surface area contributed by atoms with Crippen LogP contribution in [0.2, 0.25) is 0 Å². The summed E-state index contributed by atoms with van der Waals surface area (Å²) in [7, 11) is 0. The summed E-state index contributed by atoms with van der Waals surface area (Å²) in [6.07, 6.45) is 5.80. The number of hydrogen-bond donors (Lipinski definition) is 0. The Morgan fingerprint density at radius 3 is 2.14 bits per heavy atom. The highest BCUT2D eigenvalue weighted by atomic mass is 79.9. The summed E-state index contributed by atoms with van der Waals surface area (Å²) in [4.78, 5) is 44.1. The number of piperazine rings is 1. The molecule has 3 aromatic rings. The Morgan fingerprint density at radius 1 is 0.841 bits per heavy atom. The SMILES string of the molecule is O=C(C1CC1)N1CCN(CCCCOc2ccc(N3C(=O)S/C(=C\c4ccc(Oc5ccc(Br)cc5)cc4)C3=O)cc2)CC1. The number of carbonyl (C=O) groups is 3. The number of carbonyl (C=O) groups excluding carboxylic acids is 3. The fraction of sp³-hybridized carbons (Fsp3) is 0.324. The average molecular weight is 677 g/mol. The molecule has 228 valence electrons. The van der Waals surface area contributed by atoms with Crippen LogP contribution in [0.4, 0.5) is 10.5 Å². The van der Waals surface area contributed by atoms with Crippen LogP contribution in [0.1, 0.15) is 31.2 Å². The molecule has 10 heteroatoms. The van der Waals surface area contributed by atoms with Gasteiger partial charge < -0.3 is 14.4 Å². The summed E-state index contributed by atoms with van der Waals surface area (Å²) in [6, 6.07) is 22.0. The summed E-state index contributed by atoms with van der Waals surface area (Å²) in [5.41, 5.74) is 1.31. The zero-order valence-electron chi connectivity index (χ0n) is 24.3. The number of imide groups is 1. The number of ether oxygens (including phenoxy) is 2. The molecule has 44 heavy (non-hydrogen) atoms. The lowest BCUT2D eigenvalue weighted by Gasteiger charge is -2.34. The summed E-state index contributed by atoms with van der Waals surface area (Å²) in [5, 5.41) is -0.331. The molecule has 3 aliphatic rings. The van der Waals surface area contributed by atoms with Gasteiger partial charge in [0.1, 0.15) is 17.2 Å². The third kappa shape index (κ3) is 7.72. The molecule has 3 amide bonds. The van der Waals surface area contributed by atoms with Crippen LogP contribution >= 0.6 is 27.7 Å². The van der Waals surface area contributed by atoms with Gasteiger partial charge in [0.25, 0.3) is 11.1 Å². The molecule has 1 aliphatic carbocycles. The molecule has 3 fully saturated rings. The Labute approximate surface area is 270 Å². The fourth-order valence-electron chi connectivity index (χ4n) is 5.21. The van der Waals surface area contributed by atoms with Crippen molar-refractivity contribution >= 4 is 56.5 Å². The lowest BCUT2D eigenvalue weighted by atomic mass is 10.2. The normalized spacial score (nSPS) is 18.2. The number of unbranched alkanes of at least 4 members (excludes halogenated alkanes) is 1. The van der Waals surface area contributed by atoms with Crippen LogP contribution in [0.25, 0.3) is 6.08 Å². The number of rotatable bonds is 11. The van der Waals surface area contributed by atoms with E-state index in [0.717, 1.165) is 86.0 Å². The van der Waals surface area contributed by atoms with Crippen molar-refractivity contribution in [3.8, 4) is 17.2 Å². The molecule has 0 N–H and O–H groups in total. The molecule has 1 saturated carbocycles. The molecule has 0 radical (unpaired) electrons. The van der Waals surface area contributed by atoms with Crippen molar-refractivity contribution in [2.45, 2.75) is 25.7 Å². The van der Waals surface area contributed by atoms with Gasteiger partial charge in [-0.2, -0.15) is 0 Å². The first-order chi connectivity index (χ1) is 21.4. The molecular formula is C34H34BrN3O5S. The largest absolute Gasteiger partial charge is 0.494 e. The minimum Gasteiger partial charge on any atom is -0.494 e. The van der Waals surface area contributed by atoms with Crippen LogP contribution in [0.3, 0.4) is 0 Å². The number of benzene rings is 3. The lowest BCUT2D eigenvalue weighted by molar-refractivity contribution is -0.134. The topological polar surface area (TPSA) is 79.4 Å². The van der Waals surface area contributed by atoms with E-state index in [-0.39, 0.29) is 11.1 Å². The molecule has 2 aliphatic heterocycles. The van der Waals surface area contributed by atoms with E-state index in [9.17, 15) is 14.4 Å². The maximum Gasteiger partial charge on any atom is 0.298 e. The molecule has 0 unspecified atom stereocenters. The number of thioether (sulfide) groups is 1. The van der Waals surface area contributed by atoms with Crippen LogP contribution in [0, 0.1) is 5.92 Å². The zero-order valence-corrected chi connectivity index (χ0v) is 26.7. The van der Waals surface area contributed by atoms with Crippen molar-refractivity contribution in [2.75, 3.05) is 44.2 Å². The molecule has 2 heterocycles. The molecule has 8 nitrogen and oxygen atoms in total. The Kier molecular flexibility index (Phi) is 9.69. The molecule has 0 bridgehead atoms. The Balaban J connectivity index is 0.942. The minimum absolute atomic E-state index is 0.302. The Morgan fingerprint density at radius 2 is 1.48 bits per heavy atom. The zero-order chi connectivity index (χ0) is 30.5. The number of halogens is 1. The van der Waals surface area contributed by atoms with Crippen LogP contribution < -0.4 is 14.4 Å². The average Bonchev–Trinajstić information content (AvgIpc) is 3.85. The Hall–Kier alpha value is -3.60. The third-order valence-corrected chi connectivity index (χ3v) is 9.26. The number of amides is 3. The molecular weight excluding hydrogens is 642 g/mol. The second kappa shape index (κ2) is 14.0. The first-order valence-corrected chi connectivity index (χ1v) is 16.6. The molecule has 0 aromatic heterocycles. The molecule has 6 rings (SSSR count). The van der Waals surface area contributed by atoms with Gasteiger partial charge in [-0.05, 0) is 116 Å². The van der Waals surface area contributed by atoms with Crippen molar-refractivity contribution in [1.29, 1.82) is 0 Å². The number of nitrogens with zero attached hydrogens (tertiary/aromatic N) is 3. The summed E-state index contributed by atoms with van der Waals surface area (Å²) < 4.78 is 12.8. The second-order valence-electron chi connectivity index (χ2n) is 11.1. The van der Waals surface area contributed by atoms with Gasteiger partial charge in [0.05, 0.1) is 17.2 Å². The molecule has 2 saturated heterocycles. The van der Waals surface area contributed by atoms with Gasteiger partial charge in [-0.25, -0.2) is 4.90 Å². The van der Waals surface area contributed by atoms with Gasteiger partial charge >= 0.3 is 0 Å². The van der Waals surface area contributed by atoms with E-state index in [4.69, 9.17) is 9.47 Å². The van der Waals surface area contributed by atoms with E-state index < -0.39 is 0 Å². The van der Waals surface area contributed by atoms with Gasteiger partial charge in [-0.3, -0.25) is 19.3 Å². The summed E-state index contributed by atoms with van der Waals surface area (Å²) in [6.45, 7) is 5.16. The van der Waals surface area contributed by atoms with E-state index in [2.05, 4.69) is 20.8 Å². The fourth-order valence-corrected chi connectivity index (χ4v) is 6.32. The highest BCUT2D eigenvalue weighted by molar-refractivity contribution is 9.10. The van der Waals surface area contributed by atoms with Crippen LogP contribution in [-0.4, -0.2) is 66.2 Å². The van der Waals surface area contributed by atoms with E-state index in [1.807, 2.05) is 53.4 Å². The number of hydrogen-bond acceptors (Lipinski definition) is 7. The smallest absolute Gasteiger partial charge is 0.298 e. The first-order valence-electron chi connectivity index (χ1n) is 15.0. The van der Waals surface area contributed by atoms with Crippen LogP contribution in [0.15, 0.2) is 82.2 Å². The van der Waals surface area contributed by atoms with Crippen LogP contribution in [0.5, 0.6) is 17.2 Å². The minimum atomic E-state index is -0.346. The van der Waals surface area contributed by atoms with Gasteiger partial charge in [0.15, 0.2) is 0 Å². The summed E-state index contributed by atoms with van der Waals surface area (Å²) >= 11 is 4.34. The molecule has 3 aromatic carbocycles. The van der Waals surface area contributed by atoms with Crippen molar-refractivity contribution in [3.05, 3.63) is 87.7 Å². The maximum absolute atomic E-state index is 13.1. The first kappa shape index (κ1) is 30.4. The van der Waals surface area contributed by atoms with Gasteiger partial charge in [-0.1, -0.05) is 28.1 Å². The predicted molar refractivity (Wildman–Crippen MR) is 176 cm³/mol. The number of anilines is 1. The quantitative estimate of drug-likeness (QED) is 0.157. The van der Waals surface area contributed by atoms with Gasteiger partial charge in [-0.15, -0.1) is 0 Å². The van der Waals surface area contributed by atoms with E-state index in [1.54, 1.807) is 30.3 Å². The molecule has 0 atom stereocenters. The van der Waals surface area contributed by atoms with Gasteiger partial charge in [0, 0.05) is 36.6 Å². The monoisotopic (exact) mass is 675 g/mol. The van der Waals surface area contributed by atoms with Crippen molar-refractivity contribution in [2.24, 2.45) is 5.92 Å². The second-order valence-corrected chi connectivity index (χ2v) is 13.0. The summed E-state index contributed by atoms with van der Waals surface area (Å²) in [5.74, 6) is 2.41. The lowest BCUT2D eigenvalue weighted by Crippen LogP contribution is -2.49. The highest BCUT2D eigenvalue weighted by Gasteiger charge is 2.36. The maximum atomic E-state index is 13.1. The van der Waals surface area contributed by atoms with E-state index in [1.165, 1.54) is 4.90 Å².